The minimum Gasteiger partial charge on any atom is -0.299 e. The number of hydrogen-bond acceptors (Lipinski definition) is 4. The van der Waals surface area contributed by atoms with E-state index in [1.165, 1.54) is 61.7 Å². The first-order valence-corrected chi connectivity index (χ1v) is 8.00. The van der Waals surface area contributed by atoms with E-state index in [2.05, 4.69) is 21.7 Å². The van der Waals surface area contributed by atoms with Crippen LogP contribution in [0, 0.1) is 6.92 Å². The van der Waals surface area contributed by atoms with E-state index in [9.17, 15) is 0 Å². The summed E-state index contributed by atoms with van der Waals surface area (Å²) in [4.78, 5) is 11.2. The summed E-state index contributed by atoms with van der Waals surface area (Å²) < 4.78 is 0. The van der Waals surface area contributed by atoms with Crippen LogP contribution in [-0.2, 0) is 6.54 Å². The lowest BCUT2D eigenvalue weighted by Crippen LogP contribution is -2.43. The van der Waals surface area contributed by atoms with Crippen molar-refractivity contribution in [3.63, 3.8) is 0 Å². The van der Waals surface area contributed by atoms with Gasteiger partial charge in [0.25, 0.3) is 0 Å². The van der Waals surface area contributed by atoms with E-state index >= 15 is 0 Å². The molecule has 3 heterocycles. The molecule has 2 saturated heterocycles. The topological polar surface area (TPSA) is 19.4 Å². The predicted molar refractivity (Wildman–Crippen MR) is 76.0 cm³/mol. The number of aromatic nitrogens is 1. The molecule has 1 aromatic rings. The highest BCUT2D eigenvalue weighted by Crippen LogP contribution is 2.22. The van der Waals surface area contributed by atoms with Gasteiger partial charge in [0.15, 0.2) is 0 Å². The van der Waals surface area contributed by atoms with Gasteiger partial charge in [-0.3, -0.25) is 9.80 Å². The molecule has 1 unspecified atom stereocenters. The van der Waals surface area contributed by atoms with Crippen LogP contribution in [0.15, 0.2) is 6.20 Å². The summed E-state index contributed by atoms with van der Waals surface area (Å²) >= 11 is 1.85. The zero-order valence-corrected chi connectivity index (χ0v) is 12.1. The Morgan fingerprint density at radius 3 is 3.00 bits per heavy atom. The Morgan fingerprint density at radius 2 is 2.17 bits per heavy atom. The molecule has 0 amide bonds. The average Bonchev–Trinajstić information content (AvgIpc) is 2.66. The number of nitrogens with zero attached hydrogens (tertiary/aromatic N) is 3. The molecule has 0 aliphatic carbocycles. The highest BCUT2D eigenvalue weighted by Gasteiger charge is 2.27. The van der Waals surface area contributed by atoms with Gasteiger partial charge in [0.2, 0.25) is 0 Å². The van der Waals surface area contributed by atoms with Crippen LogP contribution in [0.5, 0.6) is 0 Å². The standard InChI is InChI=1S/C14H23N3S/c1-12-9-15-14(18-12)11-16-6-4-8-17-7-3-2-5-13(17)10-16/h9,13H,2-8,10-11H2,1H3. The molecular weight excluding hydrogens is 242 g/mol. The van der Waals surface area contributed by atoms with Crippen LogP contribution in [0.1, 0.15) is 35.6 Å². The second kappa shape index (κ2) is 5.68. The Labute approximate surface area is 114 Å². The molecule has 2 aliphatic rings. The highest BCUT2D eigenvalue weighted by atomic mass is 32.1. The van der Waals surface area contributed by atoms with E-state index in [1.54, 1.807) is 0 Å². The van der Waals surface area contributed by atoms with E-state index in [-0.39, 0.29) is 0 Å². The lowest BCUT2D eigenvalue weighted by Gasteiger charge is -2.35. The second-order valence-electron chi connectivity index (χ2n) is 5.64. The molecule has 3 nitrogen and oxygen atoms in total. The molecule has 0 saturated carbocycles. The summed E-state index contributed by atoms with van der Waals surface area (Å²) in [5.74, 6) is 0. The maximum Gasteiger partial charge on any atom is 0.107 e. The van der Waals surface area contributed by atoms with E-state index in [0.717, 1.165) is 12.6 Å². The molecule has 0 radical (unpaired) electrons. The number of aryl methyl sites for hydroxylation is 1. The van der Waals surface area contributed by atoms with Crippen LogP contribution in [0.25, 0.3) is 0 Å². The third kappa shape index (κ3) is 2.92. The van der Waals surface area contributed by atoms with Gasteiger partial charge >= 0.3 is 0 Å². The summed E-state index contributed by atoms with van der Waals surface area (Å²) in [6.45, 7) is 8.33. The number of fused-ring (bicyclic) bond motifs is 1. The van der Waals surface area contributed by atoms with Crippen molar-refractivity contribution in [2.24, 2.45) is 0 Å². The molecule has 4 heteroatoms. The minimum absolute atomic E-state index is 0.808. The molecule has 1 aromatic heterocycles. The number of hydrogen-bond donors (Lipinski definition) is 0. The van der Waals surface area contributed by atoms with Crippen LogP contribution >= 0.6 is 11.3 Å². The fourth-order valence-electron chi connectivity index (χ4n) is 3.26. The number of rotatable bonds is 2. The summed E-state index contributed by atoms with van der Waals surface area (Å²) in [6, 6.07) is 0.808. The molecule has 0 bridgehead atoms. The molecule has 18 heavy (non-hydrogen) atoms. The summed E-state index contributed by atoms with van der Waals surface area (Å²) in [6.07, 6.45) is 7.55. The molecule has 3 rings (SSSR count). The lowest BCUT2D eigenvalue weighted by molar-refractivity contribution is 0.135. The van der Waals surface area contributed by atoms with Gasteiger partial charge in [0.1, 0.15) is 5.01 Å². The zero-order valence-electron chi connectivity index (χ0n) is 11.3. The van der Waals surface area contributed by atoms with Crippen molar-refractivity contribution < 1.29 is 0 Å². The first-order valence-electron chi connectivity index (χ1n) is 7.19. The van der Waals surface area contributed by atoms with Crippen molar-refractivity contribution in [1.29, 1.82) is 0 Å². The Balaban J connectivity index is 1.62. The van der Waals surface area contributed by atoms with Gasteiger partial charge in [-0.2, -0.15) is 0 Å². The molecule has 1 atom stereocenters. The van der Waals surface area contributed by atoms with E-state index in [1.807, 2.05) is 17.5 Å². The van der Waals surface area contributed by atoms with Crippen molar-refractivity contribution in [3.8, 4) is 0 Å². The van der Waals surface area contributed by atoms with Gasteiger partial charge in [0, 0.05) is 23.7 Å². The zero-order chi connectivity index (χ0) is 12.4. The third-order valence-corrected chi connectivity index (χ3v) is 5.06. The highest BCUT2D eigenvalue weighted by molar-refractivity contribution is 7.11. The molecule has 0 N–H and O–H groups in total. The predicted octanol–water partition coefficient (Wildman–Crippen LogP) is 2.51. The summed E-state index contributed by atoms with van der Waals surface area (Å²) in [5, 5.41) is 1.29. The van der Waals surface area contributed by atoms with Crippen LogP contribution < -0.4 is 0 Å². The largest absolute Gasteiger partial charge is 0.299 e. The average molecular weight is 265 g/mol. The van der Waals surface area contributed by atoms with Crippen molar-refractivity contribution in [2.45, 2.75) is 45.2 Å². The molecule has 2 aliphatic heterocycles. The van der Waals surface area contributed by atoms with Crippen LogP contribution in [-0.4, -0.2) is 47.0 Å². The lowest BCUT2D eigenvalue weighted by atomic mass is 10.0. The molecular formula is C14H23N3S. The van der Waals surface area contributed by atoms with Crippen LogP contribution in [0.4, 0.5) is 0 Å². The van der Waals surface area contributed by atoms with Crippen LogP contribution in [0.2, 0.25) is 0 Å². The van der Waals surface area contributed by atoms with Crippen molar-refractivity contribution >= 4 is 11.3 Å². The third-order valence-electron chi connectivity index (χ3n) is 4.17. The van der Waals surface area contributed by atoms with Crippen molar-refractivity contribution in [1.82, 2.24) is 14.8 Å². The Hall–Kier alpha value is -0.450. The maximum absolute atomic E-state index is 4.51. The van der Waals surface area contributed by atoms with Gasteiger partial charge < -0.3 is 0 Å². The second-order valence-corrected chi connectivity index (χ2v) is 6.96. The van der Waals surface area contributed by atoms with Gasteiger partial charge in [-0.15, -0.1) is 11.3 Å². The van der Waals surface area contributed by atoms with E-state index < -0.39 is 0 Å². The minimum atomic E-state index is 0.808. The fourth-order valence-corrected chi connectivity index (χ4v) is 4.09. The van der Waals surface area contributed by atoms with Crippen LogP contribution in [0.3, 0.4) is 0 Å². The molecule has 0 spiro atoms. The van der Waals surface area contributed by atoms with E-state index in [0.29, 0.717) is 0 Å². The van der Waals surface area contributed by atoms with Crippen molar-refractivity contribution in [3.05, 3.63) is 16.1 Å². The Morgan fingerprint density at radius 1 is 1.28 bits per heavy atom. The van der Waals surface area contributed by atoms with E-state index in [4.69, 9.17) is 0 Å². The maximum atomic E-state index is 4.51. The Kier molecular flexibility index (Phi) is 3.97. The normalized spacial score (nSPS) is 26.8. The van der Waals surface area contributed by atoms with Gasteiger partial charge in [-0.05, 0) is 45.8 Å². The number of piperidine rings is 1. The monoisotopic (exact) mass is 265 g/mol. The summed E-state index contributed by atoms with van der Waals surface area (Å²) in [7, 11) is 0. The van der Waals surface area contributed by atoms with Gasteiger partial charge in [-0.1, -0.05) is 6.42 Å². The molecule has 2 fully saturated rings. The summed E-state index contributed by atoms with van der Waals surface area (Å²) in [5.41, 5.74) is 0. The SMILES string of the molecule is Cc1cnc(CN2CCCN3CCCCC3C2)s1. The van der Waals surface area contributed by atoms with Gasteiger partial charge in [0.05, 0.1) is 6.54 Å². The molecule has 100 valence electrons. The van der Waals surface area contributed by atoms with Gasteiger partial charge in [-0.25, -0.2) is 4.98 Å². The fraction of sp³-hybridized carbons (Fsp3) is 0.786. The quantitative estimate of drug-likeness (QED) is 0.819. The number of thiazole rings is 1. The first kappa shape index (κ1) is 12.6. The Bertz CT molecular complexity index is 390. The van der Waals surface area contributed by atoms with Crippen molar-refractivity contribution in [2.75, 3.05) is 26.2 Å². The smallest absolute Gasteiger partial charge is 0.107 e. The molecule has 0 aromatic carbocycles. The first-order chi connectivity index (χ1) is 8.81.